The fourth-order valence-corrected chi connectivity index (χ4v) is 5.56. The van der Waals surface area contributed by atoms with E-state index in [-0.39, 0.29) is 17.9 Å². The predicted molar refractivity (Wildman–Crippen MR) is 97.0 cm³/mol. The van der Waals surface area contributed by atoms with E-state index < -0.39 is 10.0 Å². The Bertz CT molecular complexity index is 819. The Morgan fingerprint density at radius 1 is 1.32 bits per heavy atom. The highest BCUT2D eigenvalue weighted by Crippen LogP contribution is 2.27. The van der Waals surface area contributed by atoms with Gasteiger partial charge in [-0.3, -0.25) is 4.79 Å². The predicted octanol–water partition coefficient (Wildman–Crippen LogP) is 2.56. The molecule has 0 spiro atoms. The smallest absolute Gasteiger partial charge is 0.252 e. The first-order chi connectivity index (χ1) is 11.9. The summed E-state index contributed by atoms with van der Waals surface area (Å²) in [5.74, 6) is 0.412. The SMILES string of the molecule is CC(C)n1nccc1NC(=O)C1CCN(S(=O)(=O)c2cccs2)CC1. The highest BCUT2D eigenvalue weighted by molar-refractivity contribution is 7.91. The topological polar surface area (TPSA) is 84.3 Å². The fourth-order valence-electron chi connectivity index (χ4n) is 2.95. The largest absolute Gasteiger partial charge is 0.311 e. The monoisotopic (exact) mass is 382 g/mol. The summed E-state index contributed by atoms with van der Waals surface area (Å²) in [6.45, 7) is 4.72. The Morgan fingerprint density at radius 3 is 2.64 bits per heavy atom. The molecule has 0 aliphatic carbocycles. The Labute approximate surface area is 151 Å². The first-order valence-electron chi connectivity index (χ1n) is 8.27. The van der Waals surface area contributed by atoms with E-state index in [9.17, 15) is 13.2 Å². The van der Waals surface area contributed by atoms with Gasteiger partial charge in [-0.05, 0) is 38.1 Å². The van der Waals surface area contributed by atoms with Crippen LogP contribution in [0.25, 0.3) is 0 Å². The van der Waals surface area contributed by atoms with Crippen LogP contribution in [0.5, 0.6) is 0 Å². The van der Waals surface area contributed by atoms with Gasteiger partial charge in [0.1, 0.15) is 10.0 Å². The maximum atomic E-state index is 12.5. The molecule has 1 aliphatic rings. The van der Waals surface area contributed by atoms with Crippen molar-refractivity contribution in [2.24, 2.45) is 5.92 Å². The van der Waals surface area contributed by atoms with Gasteiger partial charge >= 0.3 is 0 Å². The van der Waals surface area contributed by atoms with Crippen molar-refractivity contribution in [3.8, 4) is 0 Å². The number of piperidine rings is 1. The third-order valence-electron chi connectivity index (χ3n) is 4.32. The summed E-state index contributed by atoms with van der Waals surface area (Å²) < 4.78 is 28.6. The van der Waals surface area contributed by atoms with E-state index in [4.69, 9.17) is 0 Å². The first kappa shape index (κ1) is 18.1. The van der Waals surface area contributed by atoms with Gasteiger partial charge in [-0.1, -0.05) is 6.07 Å². The molecular formula is C16H22N4O3S2. The van der Waals surface area contributed by atoms with Gasteiger partial charge in [0.2, 0.25) is 5.91 Å². The quantitative estimate of drug-likeness (QED) is 0.861. The van der Waals surface area contributed by atoms with Crippen molar-refractivity contribution in [2.75, 3.05) is 18.4 Å². The number of thiophene rings is 1. The number of anilines is 1. The molecule has 3 rings (SSSR count). The van der Waals surface area contributed by atoms with Crippen LogP contribution < -0.4 is 5.32 Å². The lowest BCUT2D eigenvalue weighted by molar-refractivity contribution is -0.121. The normalized spacial score (nSPS) is 17.1. The number of hydrogen-bond donors (Lipinski definition) is 1. The number of nitrogens with one attached hydrogen (secondary N) is 1. The first-order valence-corrected chi connectivity index (χ1v) is 10.6. The number of rotatable bonds is 5. The number of nitrogens with zero attached hydrogens (tertiary/aromatic N) is 3. The van der Waals surface area contributed by atoms with Gasteiger partial charge in [0.25, 0.3) is 10.0 Å². The lowest BCUT2D eigenvalue weighted by atomic mass is 9.97. The maximum absolute atomic E-state index is 12.5. The molecule has 1 amide bonds. The summed E-state index contributed by atoms with van der Waals surface area (Å²) in [5.41, 5.74) is 0. The third kappa shape index (κ3) is 3.78. The minimum atomic E-state index is -3.43. The molecule has 25 heavy (non-hydrogen) atoms. The Balaban J connectivity index is 1.60. The van der Waals surface area contributed by atoms with E-state index in [0.717, 1.165) is 0 Å². The fraction of sp³-hybridized carbons (Fsp3) is 0.500. The summed E-state index contributed by atoms with van der Waals surface area (Å²) in [5, 5.41) is 8.88. The van der Waals surface area contributed by atoms with Crippen LogP contribution >= 0.6 is 11.3 Å². The molecule has 1 aliphatic heterocycles. The maximum Gasteiger partial charge on any atom is 0.252 e. The number of carbonyl (C=O) groups is 1. The van der Waals surface area contributed by atoms with Gasteiger partial charge in [-0.15, -0.1) is 11.3 Å². The third-order valence-corrected chi connectivity index (χ3v) is 7.60. The molecule has 0 atom stereocenters. The molecule has 3 heterocycles. The van der Waals surface area contributed by atoms with Crippen molar-refractivity contribution in [2.45, 2.75) is 36.9 Å². The number of aromatic nitrogens is 2. The van der Waals surface area contributed by atoms with Crippen molar-refractivity contribution in [1.29, 1.82) is 0 Å². The number of carbonyl (C=O) groups excluding carboxylic acids is 1. The molecule has 1 saturated heterocycles. The summed E-state index contributed by atoms with van der Waals surface area (Å²) in [4.78, 5) is 12.5. The van der Waals surface area contributed by atoms with Crippen LogP contribution in [0.15, 0.2) is 34.0 Å². The van der Waals surface area contributed by atoms with Gasteiger partial charge in [0.15, 0.2) is 0 Å². The van der Waals surface area contributed by atoms with E-state index in [1.165, 1.54) is 15.6 Å². The van der Waals surface area contributed by atoms with Crippen molar-refractivity contribution < 1.29 is 13.2 Å². The summed E-state index contributed by atoms with van der Waals surface area (Å²) in [6, 6.07) is 5.28. The van der Waals surface area contributed by atoms with Crippen molar-refractivity contribution in [3.63, 3.8) is 0 Å². The molecule has 136 valence electrons. The molecule has 0 radical (unpaired) electrons. The van der Waals surface area contributed by atoms with Crippen LogP contribution in [0.4, 0.5) is 5.82 Å². The molecule has 0 aromatic carbocycles. The molecular weight excluding hydrogens is 360 g/mol. The van der Waals surface area contributed by atoms with Crippen LogP contribution in [0, 0.1) is 5.92 Å². The summed E-state index contributed by atoms with van der Waals surface area (Å²) in [7, 11) is -3.43. The van der Waals surface area contributed by atoms with Crippen LogP contribution in [0.1, 0.15) is 32.7 Å². The number of sulfonamides is 1. The summed E-state index contributed by atoms with van der Waals surface area (Å²) >= 11 is 1.22. The number of hydrogen-bond acceptors (Lipinski definition) is 5. The van der Waals surface area contributed by atoms with E-state index in [1.54, 1.807) is 34.5 Å². The molecule has 0 bridgehead atoms. The van der Waals surface area contributed by atoms with Gasteiger partial charge in [-0.25, -0.2) is 13.1 Å². The lowest BCUT2D eigenvalue weighted by Crippen LogP contribution is -2.41. The Hall–Kier alpha value is -1.71. The zero-order valence-electron chi connectivity index (χ0n) is 14.3. The van der Waals surface area contributed by atoms with Crippen LogP contribution in [0.3, 0.4) is 0 Å². The van der Waals surface area contributed by atoms with Crippen LogP contribution in [-0.2, 0) is 14.8 Å². The Kier molecular flexibility index (Phi) is 5.26. The van der Waals surface area contributed by atoms with E-state index in [1.807, 2.05) is 13.8 Å². The highest BCUT2D eigenvalue weighted by Gasteiger charge is 2.32. The zero-order chi connectivity index (χ0) is 18.0. The van der Waals surface area contributed by atoms with Crippen LogP contribution in [-0.4, -0.2) is 41.5 Å². The molecule has 0 saturated carbocycles. The number of amides is 1. The average Bonchev–Trinajstić information content (AvgIpc) is 3.26. The average molecular weight is 383 g/mol. The molecule has 2 aromatic rings. The van der Waals surface area contributed by atoms with Crippen molar-refractivity contribution >= 4 is 33.1 Å². The molecule has 2 aromatic heterocycles. The van der Waals surface area contributed by atoms with Crippen LogP contribution in [0.2, 0.25) is 0 Å². The van der Waals surface area contributed by atoms with E-state index in [2.05, 4.69) is 10.4 Å². The second-order valence-electron chi connectivity index (χ2n) is 6.35. The standard InChI is InChI=1S/C16H22N4O3S2/c1-12(2)20-14(5-8-17-20)18-16(21)13-6-9-19(10-7-13)25(22,23)15-4-3-11-24-15/h3-5,8,11-13H,6-7,9-10H2,1-2H3,(H,18,21). The van der Waals surface area contributed by atoms with Gasteiger partial charge in [0.05, 0.1) is 6.20 Å². The van der Waals surface area contributed by atoms with Gasteiger partial charge in [-0.2, -0.15) is 9.40 Å². The molecule has 0 unspecified atom stereocenters. The second kappa shape index (κ2) is 7.27. The molecule has 7 nitrogen and oxygen atoms in total. The van der Waals surface area contributed by atoms with Gasteiger partial charge in [0, 0.05) is 31.1 Å². The molecule has 1 N–H and O–H groups in total. The van der Waals surface area contributed by atoms with E-state index in [0.29, 0.717) is 36.0 Å². The minimum absolute atomic E-state index is 0.0735. The second-order valence-corrected chi connectivity index (χ2v) is 9.47. The minimum Gasteiger partial charge on any atom is -0.311 e. The Morgan fingerprint density at radius 2 is 2.04 bits per heavy atom. The molecule has 1 fully saturated rings. The van der Waals surface area contributed by atoms with Gasteiger partial charge < -0.3 is 5.32 Å². The van der Waals surface area contributed by atoms with Crippen molar-refractivity contribution in [1.82, 2.24) is 14.1 Å². The molecule has 9 heteroatoms. The van der Waals surface area contributed by atoms with Crippen molar-refractivity contribution in [3.05, 3.63) is 29.8 Å². The zero-order valence-corrected chi connectivity index (χ0v) is 15.9. The highest BCUT2D eigenvalue weighted by atomic mass is 32.2. The summed E-state index contributed by atoms with van der Waals surface area (Å²) in [6.07, 6.45) is 2.70. The van der Waals surface area contributed by atoms with E-state index >= 15 is 0 Å². The lowest BCUT2D eigenvalue weighted by Gasteiger charge is -2.30.